The lowest BCUT2D eigenvalue weighted by atomic mass is 10.0. The zero-order valence-electron chi connectivity index (χ0n) is 15.7. The van der Waals surface area contributed by atoms with Gasteiger partial charge in [-0.2, -0.15) is 9.78 Å². The summed E-state index contributed by atoms with van der Waals surface area (Å²) in [6, 6.07) is 8.46. The van der Waals surface area contributed by atoms with Crippen molar-refractivity contribution in [1.82, 2.24) is 29.7 Å². The number of carbonyl (C=O) groups is 1. The lowest BCUT2D eigenvalue weighted by Crippen LogP contribution is -2.16. The maximum absolute atomic E-state index is 12.5. The van der Waals surface area contributed by atoms with Crippen LogP contribution in [0.4, 0.5) is 5.82 Å². The third-order valence-electron chi connectivity index (χ3n) is 4.83. The van der Waals surface area contributed by atoms with Crippen LogP contribution in [0.25, 0.3) is 17.0 Å². The summed E-state index contributed by atoms with van der Waals surface area (Å²) in [6.07, 6.45) is 5.08. The normalized spacial score (nSPS) is 16.5. The molecule has 5 rings (SSSR count). The molecule has 1 aromatic carbocycles. The van der Waals surface area contributed by atoms with Crippen molar-refractivity contribution in [3.8, 4) is 5.82 Å². The van der Waals surface area contributed by atoms with Crippen LogP contribution in [0.15, 0.2) is 41.8 Å². The first-order valence-electron chi connectivity index (χ1n) is 8.95. The van der Waals surface area contributed by atoms with Crippen LogP contribution in [-0.4, -0.2) is 47.6 Å². The molecule has 0 saturated carbocycles. The number of anilines is 1. The van der Waals surface area contributed by atoms with Crippen LogP contribution in [0, 0.1) is 6.92 Å². The van der Waals surface area contributed by atoms with E-state index in [-0.39, 0.29) is 11.2 Å². The molecular weight excluding hydrogens is 406 g/mol. The maximum Gasteiger partial charge on any atom is 0.235 e. The van der Waals surface area contributed by atoms with Crippen LogP contribution < -0.4 is 5.32 Å². The molecule has 8 nitrogen and oxygen atoms in total. The Balaban J connectivity index is 1.70. The highest BCUT2D eigenvalue weighted by atomic mass is 32.2. The van der Waals surface area contributed by atoms with Gasteiger partial charge in [-0.25, -0.2) is 15.0 Å². The molecule has 1 atom stereocenters. The summed E-state index contributed by atoms with van der Waals surface area (Å²) in [5.41, 5.74) is 4.20. The molecule has 2 N–H and O–H groups in total. The number of carbonyl (C=O) groups excluding carboxylic acids is 1. The number of hydrogen-bond donors (Lipinski definition) is 2. The molecule has 0 spiro atoms. The molecule has 1 aliphatic heterocycles. The van der Waals surface area contributed by atoms with Crippen molar-refractivity contribution in [3.05, 3.63) is 53.7 Å². The van der Waals surface area contributed by atoms with E-state index in [1.54, 1.807) is 34.5 Å². The van der Waals surface area contributed by atoms with Gasteiger partial charge in [-0.3, -0.25) is 4.79 Å². The Bertz CT molecular complexity index is 1220. The molecule has 1 unspecified atom stereocenters. The summed E-state index contributed by atoms with van der Waals surface area (Å²) < 4.78 is 1.68. The zero-order chi connectivity index (χ0) is 20.0. The highest BCUT2D eigenvalue weighted by Crippen LogP contribution is 2.44. The van der Waals surface area contributed by atoms with Crippen molar-refractivity contribution in [2.24, 2.45) is 0 Å². The average Bonchev–Trinajstić information content (AvgIpc) is 3.29. The Kier molecular flexibility index (Phi) is 4.51. The highest BCUT2D eigenvalue weighted by molar-refractivity contribution is 8.00. The van der Waals surface area contributed by atoms with E-state index in [2.05, 4.69) is 55.8 Å². The van der Waals surface area contributed by atoms with Gasteiger partial charge in [0, 0.05) is 10.5 Å². The van der Waals surface area contributed by atoms with Gasteiger partial charge in [-0.15, -0.1) is 23.5 Å². The number of H-pyrrole nitrogens is 1. The molecule has 146 valence electrons. The number of rotatable bonds is 3. The number of benzene rings is 1. The Hall–Kier alpha value is -2.85. The quantitative estimate of drug-likeness (QED) is 0.487. The minimum Gasteiger partial charge on any atom is -0.340 e. The average molecular weight is 424 g/mol. The fourth-order valence-electron chi connectivity index (χ4n) is 3.49. The molecule has 1 amide bonds. The molecule has 3 aromatic heterocycles. The second-order valence-corrected chi connectivity index (χ2v) is 8.54. The Morgan fingerprint density at radius 1 is 1.21 bits per heavy atom. The first-order valence-corrected chi connectivity index (χ1v) is 11.2. The standard InChI is InChI=1S/C19H17N7OS2/c1-10-14-16(11-3-5-12(28-2)6-4-11)29-7-13(27)24-18(14)26(25-10)19-15-17(21-8-20-15)22-9-23-19/h3-6,8-9,16H,7H2,1-2H3,(H,24,27)(H,20,21,22,23). The molecule has 0 radical (unpaired) electrons. The fourth-order valence-corrected chi connectivity index (χ4v) is 5.09. The lowest BCUT2D eigenvalue weighted by Gasteiger charge is -2.15. The fraction of sp³-hybridized carbons (Fsp3) is 0.211. The van der Waals surface area contributed by atoms with Crippen LogP contribution in [0.1, 0.15) is 22.1 Å². The molecular formula is C19H17N7OS2. The first kappa shape index (κ1) is 18.2. The lowest BCUT2D eigenvalue weighted by molar-refractivity contribution is -0.113. The highest BCUT2D eigenvalue weighted by Gasteiger charge is 2.31. The Labute approximate surface area is 174 Å². The minimum absolute atomic E-state index is 0.00676. The number of imidazole rings is 1. The predicted octanol–water partition coefficient (Wildman–Crippen LogP) is 3.34. The molecule has 0 saturated heterocycles. The number of fused-ring (bicyclic) bond motifs is 2. The van der Waals surface area contributed by atoms with Crippen molar-refractivity contribution in [3.63, 3.8) is 0 Å². The van der Waals surface area contributed by atoms with Gasteiger partial charge in [0.05, 0.1) is 23.0 Å². The first-order chi connectivity index (χ1) is 14.2. The summed E-state index contributed by atoms with van der Waals surface area (Å²) in [4.78, 5) is 29.5. The molecule has 0 bridgehead atoms. The molecule has 1 aliphatic rings. The molecule has 0 fully saturated rings. The molecule has 10 heteroatoms. The van der Waals surface area contributed by atoms with Gasteiger partial charge in [0.2, 0.25) is 5.91 Å². The minimum atomic E-state index is -0.0597. The number of amides is 1. The van der Waals surface area contributed by atoms with Crippen molar-refractivity contribution in [1.29, 1.82) is 0 Å². The molecule has 4 aromatic rings. The molecule has 4 heterocycles. The predicted molar refractivity (Wildman–Crippen MR) is 115 cm³/mol. The summed E-state index contributed by atoms with van der Waals surface area (Å²) in [5.74, 6) is 1.51. The summed E-state index contributed by atoms with van der Waals surface area (Å²) >= 11 is 3.31. The van der Waals surface area contributed by atoms with Gasteiger partial charge in [0.1, 0.15) is 17.7 Å². The second-order valence-electron chi connectivity index (χ2n) is 6.57. The third kappa shape index (κ3) is 3.08. The maximum atomic E-state index is 12.5. The van der Waals surface area contributed by atoms with E-state index in [1.807, 2.05) is 6.92 Å². The van der Waals surface area contributed by atoms with E-state index < -0.39 is 0 Å². The van der Waals surface area contributed by atoms with E-state index in [4.69, 9.17) is 5.10 Å². The summed E-state index contributed by atoms with van der Waals surface area (Å²) in [5, 5.41) is 7.75. The van der Waals surface area contributed by atoms with Crippen LogP contribution >= 0.6 is 23.5 Å². The van der Waals surface area contributed by atoms with Gasteiger partial charge in [-0.1, -0.05) is 12.1 Å². The smallest absolute Gasteiger partial charge is 0.235 e. The van der Waals surface area contributed by atoms with Gasteiger partial charge >= 0.3 is 0 Å². The number of thioether (sulfide) groups is 2. The molecule has 0 aliphatic carbocycles. The van der Waals surface area contributed by atoms with Crippen molar-refractivity contribution < 1.29 is 4.79 Å². The largest absolute Gasteiger partial charge is 0.340 e. The van der Waals surface area contributed by atoms with E-state index in [0.29, 0.717) is 28.6 Å². The monoisotopic (exact) mass is 423 g/mol. The number of aromatic nitrogens is 6. The van der Waals surface area contributed by atoms with Crippen LogP contribution in [0.5, 0.6) is 0 Å². The SMILES string of the molecule is CSc1ccc(C2SCC(=O)Nc3c2c(C)nn3-c2ncnc3nc[nH]c23)cc1. The Morgan fingerprint density at radius 2 is 2.03 bits per heavy atom. The van der Waals surface area contributed by atoms with Crippen molar-refractivity contribution in [2.45, 2.75) is 17.1 Å². The zero-order valence-corrected chi connectivity index (χ0v) is 17.3. The topological polar surface area (TPSA) is 101 Å². The number of nitrogens with zero attached hydrogens (tertiary/aromatic N) is 5. The van der Waals surface area contributed by atoms with Crippen LogP contribution in [0.2, 0.25) is 0 Å². The van der Waals surface area contributed by atoms with E-state index in [9.17, 15) is 4.79 Å². The third-order valence-corrected chi connectivity index (χ3v) is 6.84. The van der Waals surface area contributed by atoms with Gasteiger partial charge in [0.15, 0.2) is 11.5 Å². The molecule has 29 heavy (non-hydrogen) atoms. The van der Waals surface area contributed by atoms with Crippen LogP contribution in [0.3, 0.4) is 0 Å². The van der Waals surface area contributed by atoms with Crippen molar-refractivity contribution in [2.75, 3.05) is 17.3 Å². The van der Waals surface area contributed by atoms with Gasteiger partial charge in [-0.05, 0) is 30.9 Å². The van der Waals surface area contributed by atoms with E-state index in [1.165, 1.54) is 11.2 Å². The summed E-state index contributed by atoms with van der Waals surface area (Å²) in [6.45, 7) is 1.96. The Morgan fingerprint density at radius 3 is 2.83 bits per heavy atom. The summed E-state index contributed by atoms with van der Waals surface area (Å²) in [7, 11) is 0. The second kappa shape index (κ2) is 7.20. The van der Waals surface area contributed by atoms with E-state index in [0.717, 1.165) is 16.8 Å². The number of aromatic amines is 1. The van der Waals surface area contributed by atoms with Crippen LogP contribution in [-0.2, 0) is 4.79 Å². The number of nitrogens with one attached hydrogen (secondary N) is 2. The number of hydrogen-bond acceptors (Lipinski definition) is 7. The van der Waals surface area contributed by atoms with Crippen molar-refractivity contribution >= 4 is 46.4 Å². The van der Waals surface area contributed by atoms with Gasteiger partial charge < -0.3 is 10.3 Å². The van der Waals surface area contributed by atoms with Gasteiger partial charge in [0.25, 0.3) is 0 Å². The number of aryl methyl sites for hydroxylation is 1. The van der Waals surface area contributed by atoms with E-state index >= 15 is 0 Å².